The molecule has 0 aliphatic carbocycles. The van der Waals surface area contributed by atoms with Gasteiger partial charge in [0.25, 0.3) is 0 Å². The average molecular weight is 227 g/mol. The molecule has 3 nitrogen and oxygen atoms in total. The fourth-order valence-corrected chi connectivity index (χ4v) is 2.37. The number of nitrogens with zero attached hydrogens (tertiary/aromatic N) is 2. The van der Waals surface area contributed by atoms with E-state index in [-0.39, 0.29) is 0 Å². The van der Waals surface area contributed by atoms with Gasteiger partial charge in [-0.25, -0.2) is 0 Å². The molecule has 1 aliphatic rings. The smallest absolute Gasteiger partial charge is 0.0167 e. The molecule has 3 heteroatoms. The van der Waals surface area contributed by atoms with Crippen molar-refractivity contribution in [1.82, 2.24) is 9.80 Å². The molecule has 1 saturated heterocycles. The van der Waals surface area contributed by atoms with Crippen LogP contribution in [0.2, 0.25) is 0 Å². The van der Waals surface area contributed by atoms with Gasteiger partial charge in [0.15, 0.2) is 0 Å². The number of hydrogen-bond donors (Lipinski definition) is 1. The highest BCUT2D eigenvalue weighted by Crippen LogP contribution is 2.05. The maximum atomic E-state index is 6.07. The van der Waals surface area contributed by atoms with E-state index in [4.69, 9.17) is 5.73 Å². The van der Waals surface area contributed by atoms with E-state index < -0.39 is 0 Å². The normalized spacial score (nSPS) is 21.2. The first kappa shape index (κ1) is 13.9. The van der Waals surface area contributed by atoms with Crippen LogP contribution in [0, 0.1) is 0 Å². The largest absolute Gasteiger partial charge is 0.327 e. The van der Waals surface area contributed by atoms with E-state index in [2.05, 4.69) is 23.6 Å². The van der Waals surface area contributed by atoms with E-state index in [1.54, 1.807) is 0 Å². The highest BCUT2D eigenvalue weighted by atomic mass is 15.3. The first-order valence-electron chi connectivity index (χ1n) is 6.96. The van der Waals surface area contributed by atoms with Gasteiger partial charge in [0.2, 0.25) is 0 Å². The summed E-state index contributed by atoms with van der Waals surface area (Å²) in [5.41, 5.74) is 6.07. The molecule has 1 heterocycles. The monoisotopic (exact) mass is 227 g/mol. The van der Waals surface area contributed by atoms with Gasteiger partial charge in [-0.3, -0.25) is 4.90 Å². The van der Waals surface area contributed by atoms with Crippen molar-refractivity contribution in [2.45, 2.75) is 45.6 Å². The molecule has 1 fully saturated rings. The minimum Gasteiger partial charge on any atom is -0.327 e. The van der Waals surface area contributed by atoms with E-state index in [9.17, 15) is 0 Å². The third-order valence-corrected chi connectivity index (χ3v) is 3.44. The molecule has 0 aromatic heterocycles. The van der Waals surface area contributed by atoms with Crippen molar-refractivity contribution in [2.24, 2.45) is 5.73 Å². The van der Waals surface area contributed by atoms with Crippen molar-refractivity contribution in [1.29, 1.82) is 0 Å². The molecule has 16 heavy (non-hydrogen) atoms. The predicted molar refractivity (Wildman–Crippen MR) is 70.7 cm³/mol. The van der Waals surface area contributed by atoms with E-state index in [0.717, 1.165) is 13.0 Å². The molecule has 1 aliphatic heterocycles. The van der Waals surface area contributed by atoms with Gasteiger partial charge in [0.05, 0.1) is 0 Å². The first-order valence-corrected chi connectivity index (χ1v) is 6.96. The second-order valence-corrected chi connectivity index (χ2v) is 5.04. The molecule has 0 aromatic rings. The Labute approximate surface area is 101 Å². The molecule has 0 radical (unpaired) electrons. The van der Waals surface area contributed by atoms with Crippen LogP contribution in [0.3, 0.4) is 0 Å². The summed E-state index contributed by atoms with van der Waals surface area (Å²) in [6, 6.07) is 0.382. The summed E-state index contributed by atoms with van der Waals surface area (Å²) in [4.78, 5) is 5.12. The summed E-state index contributed by atoms with van der Waals surface area (Å²) in [7, 11) is 0. The van der Waals surface area contributed by atoms with Crippen LogP contribution in [0.4, 0.5) is 0 Å². The third-order valence-electron chi connectivity index (χ3n) is 3.44. The van der Waals surface area contributed by atoms with Crippen LogP contribution in [0.5, 0.6) is 0 Å². The molecule has 0 bridgehead atoms. The number of piperazine rings is 1. The number of unbranched alkanes of at least 4 members (excludes halogenated alkanes) is 1. The first-order chi connectivity index (χ1) is 7.76. The molecule has 0 spiro atoms. The van der Waals surface area contributed by atoms with Crippen molar-refractivity contribution >= 4 is 0 Å². The Bertz CT molecular complexity index is 165. The number of rotatable bonds is 7. The second kappa shape index (κ2) is 8.04. The summed E-state index contributed by atoms with van der Waals surface area (Å²) in [5.74, 6) is 0. The quantitative estimate of drug-likeness (QED) is 0.716. The number of nitrogens with two attached hydrogens (primary N) is 1. The van der Waals surface area contributed by atoms with Crippen LogP contribution in [0.15, 0.2) is 0 Å². The Kier molecular flexibility index (Phi) is 7.01. The average Bonchev–Trinajstić information content (AvgIpc) is 2.28. The van der Waals surface area contributed by atoms with Gasteiger partial charge in [0, 0.05) is 38.8 Å². The molecule has 0 saturated carbocycles. The minimum atomic E-state index is 0.382. The van der Waals surface area contributed by atoms with Crippen LogP contribution in [-0.4, -0.2) is 55.1 Å². The van der Waals surface area contributed by atoms with Gasteiger partial charge >= 0.3 is 0 Å². The molecular formula is C13H29N3. The zero-order chi connectivity index (χ0) is 11.8. The van der Waals surface area contributed by atoms with E-state index in [0.29, 0.717) is 6.04 Å². The Morgan fingerprint density at radius 3 is 2.19 bits per heavy atom. The molecule has 0 aromatic carbocycles. The SMILES string of the molecule is CCCCN1CCN(C[C@@H](N)CCC)CC1. The standard InChI is InChI=1S/C13H29N3/c1-3-5-7-15-8-10-16(11-9-15)12-13(14)6-4-2/h13H,3-12,14H2,1-2H3/t13-/m0/s1. The summed E-state index contributed by atoms with van der Waals surface area (Å²) in [6.45, 7) is 11.7. The van der Waals surface area contributed by atoms with E-state index in [1.165, 1.54) is 52.0 Å². The Balaban J connectivity index is 2.11. The van der Waals surface area contributed by atoms with Crippen molar-refractivity contribution in [2.75, 3.05) is 39.3 Å². The summed E-state index contributed by atoms with van der Waals surface area (Å²) < 4.78 is 0. The second-order valence-electron chi connectivity index (χ2n) is 5.04. The highest BCUT2D eigenvalue weighted by Gasteiger charge is 2.17. The van der Waals surface area contributed by atoms with E-state index in [1.807, 2.05) is 0 Å². The minimum absolute atomic E-state index is 0.382. The lowest BCUT2D eigenvalue weighted by atomic mass is 10.1. The van der Waals surface area contributed by atoms with Gasteiger partial charge < -0.3 is 10.6 Å². The van der Waals surface area contributed by atoms with Crippen molar-refractivity contribution in [3.05, 3.63) is 0 Å². The molecule has 1 rings (SSSR count). The fraction of sp³-hybridized carbons (Fsp3) is 1.00. The van der Waals surface area contributed by atoms with Crippen LogP contribution < -0.4 is 5.73 Å². The molecule has 0 amide bonds. The predicted octanol–water partition coefficient (Wildman–Crippen LogP) is 1.53. The van der Waals surface area contributed by atoms with Crippen LogP contribution >= 0.6 is 0 Å². The molecule has 0 unspecified atom stereocenters. The van der Waals surface area contributed by atoms with Gasteiger partial charge in [-0.2, -0.15) is 0 Å². The molecule has 96 valence electrons. The Hall–Kier alpha value is -0.120. The van der Waals surface area contributed by atoms with Gasteiger partial charge in [-0.05, 0) is 19.4 Å². The molecule has 2 N–H and O–H groups in total. The van der Waals surface area contributed by atoms with Crippen molar-refractivity contribution < 1.29 is 0 Å². The lowest BCUT2D eigenvalue weighted by molar-refractivity contribution is 0.125. The third kappa shape index (κ3) is 5.28. The fourth-order valence-electron chi connectivity index (χ4n) is 2.37. The van der Waals surface area contributed by atoms with Crippen LogP contribution in [-0.2, 0) is 0 Å². The summed E-state index contributed by atoms with van der Waals surface area (Å²) >= 11 is 0. The van der Waals surface area contributed by atoms with Crippen molar-refractivity contribution in [3.8, 4) is 0 Å². The lowest BCUT2D eigenvalue weighted by Gasteiger charge is -2.35. The molecule has 1 atom stereocenters. The maximum absolute atomic E-state index is 6.07. The Morgan fingerprint density at radius 1 is 1.00 bits per heavy atom. The number of hydrogen-bond acceptors (Lipinski definition) is 3. The summed E-state index contributed by atoms with van der Waals surface area (Å²) in [6.07, 6.45) is 5.02. The topological polar surface area (TPSA) is 32.5 Å². The zero-order valence-electron chi connectivity index (χ0n) is 11.1. The van der Waals surface area contributed by atoms with Gasteiger partial charge in [-0.15, -0.1) is 0 Å². The lowest BCUT2D eigenvalue weighted by Crippen LogP contribution is -2.49. The van der Waals surface area contributed by atoms with Crippen molar-refractivity contribution in [3.63, 3.8) is 0 Å². The van der Waals surface area contributed by atoms with Gasteiger partial charge in [0.1, 0.15) is 0 Å². The molecular weight excluding hydrogens is 198 g/mol. The van der Waals surface area contributed by atoms with E-state index >= 15 is 0 Å². The van der Waals surface area contributed by atoms with Crippen LogP contribution in [0.1, 0.15) is 39.5 Å². The van der Waals surface area contributed by atoms with Gasteiger partial charge in [-0.1, -0.05) is 26.7 Å². The highest BCUT2D eigenvalue weighted by molar-refractivity contribution is 4.75. The maximum Gasteiger partial charge on any atom is 0.0167 e. The Morgan fingerprint density at radius 2 is 1.62 bits per heavy atom. The zero-order valence-corrected chi connectivity index (χ0v) is 11.1. The van der Waals surface area contributed by atoms with Crippen LogP contribution in [0.25, 0.3) is 0 Å². The summed E-state index contributed by atoms with van der Waals surface area (Å²) in [5, 5.41) is 0.